The molecular formula is C9H14NO3+. The molecule has 0 aliphatic heterocycles. The number of benzene rings is 1. The third-order valence-electron chi connectivity index (χ3n) is 1.81. The third-order valence-corrected chi connectivity index (χ3v) is 1.81. The third kappa shape index (κ3) is 2.50. The Morgan fingerprint density at radius 1 is 1.38 bits per heavy atom. The summed E-state index contributed by atoms with van der Waals surface area (Å²) in [7, 11) is 1.57. The first-order valence-electron chi connectivity index (χ1n) is 3.99. The Morgan fingerprint density at radius 3 is 2.62 bits per heavy atom. The number of hydrogen-bond donors (Lipinski definition) is 3. The number of quaternary nitrogens is 1. The van der Waals surface area contributed by atoms with Gasteiger partial charge >= 0.3 is 0 Å². The minimum Gasteiger partial charge on any atom is -0.380 e. The Morgan fingerprint density at radius 2 is 2.08 bits per heavy atom. The van der Waals surface area contributed by atoms with Crippen molar-refractivity contribution in [3.63, 3.8) is 0 Å². The van der Waals surface area contributed by atoms with Gasteiger partial charge in [-0.15, -0.1) is 0 Å². The molecule has 3 N–H and O–H groups in total. The van der Waals surface area contributed by atoms with Crippen LogP contribution in [-0.4, -0.2) is 17.5 Å². The van der Waals surface area contributed by atoms with Crippen molar-refractivity contribution in [2.75, 3.05) is 7.11 Å². The van der Waals surface area contributed by atoms with Crippen LogP contribution in [0.2, 0.25) is 0 Å². The second-order valence-electron chi connectivity index (χ2n) is 2.92. The topological polar surface area (TPSA) is 54.1 Å². The molecule has 4 nitrogen and oxygen atoms in total. The number of ether oxygens (including phenoxy) is 1. The second-order valence-corrected chi connectivity index (χ2v) is 2.92. The molecule has 0 fully saturated rings. The molecule has 0 spiro atoms. The van der Waals surface area contributed by atoms with Gasteiger partial charge in [0.1, 0.15) is 0 Å². The van der Waals surface area contributed by atoms with E-state index in [0.717, 1.165) is 11.1 Å². The van der Waals surface area contributed by atoms with Crippen LogP contribution in [0, 0.1) is 6.92 Å². The Balaban J connectivity index is 3.03. The quantitative estimate of drug-likeness (QED) is 0.597. The maximum atomic E-state index is 8.97. The summed E-state index contributed by atoms with van der Waals surface area (Å²) in [6.45, 7) is 2.27. The number of aryl methyl sites for hydroxylation is 1. The van der Waals surface area contributed by atoms with Crippen molar-refractivity contribution >= 4 is 5.69 Å². The van der Waals surface area contributed by atoms with Crippen molar-refractivity contribution in [2.24, 2.45) is 0 Å². The zero-order valence-electron chi connectivity index (χ0n) is 7.74. The van der Waals surface area contributed by atoms with Gasteiger partial charge in [0.15, 0.2) is 0 Å². The highest BCUT2D eigenvalue weighted by Crippen LogP contribution is 2.13. The van der Waals surface area contributed by atoms with Crippen LogP contribution < -0.4 is 5.23 Å². The number of methoxy groups -OCH3 is 1. The highest BCUT2D eigenvalue weighted by atomic mass is 16.8. The highest BCUT2D eigenvalue weighted by molar-refractivity contribution is 5.41. The maximum Gasteiger partial charge on any atom is 0.202 e. The first-order chi connectivity index (χ1) is 6.15. The van der Waals surface area contributed by atoms with E-state index in [0.29, 0.717) is 12.3 Å². The fourth-order valence-electron chi connectivity index (χ4n) is 1.18. The van der Waals surface area contributed by atoms with Crippen molar-refractivity contribution in [1.29, 1.82) is 0 Å². The molecule has 0 bridgehead atoms. The Bertz CT molecular complexity index is 286. The molecule has 0 unspecified atom stereocenters. The summed E-state index contributed by atoms with van der Waals surface area (Å²) in [5.41, 5.74) is 2.19. The lowest BCUT2D eigenvalue weighted by molar-refractivity contribution is -1.19. The average Bonchev–Trinajstić information content (AvgIpc) is 2.08. The number of nitrogens with one attached hydrogen (secondary N) is 1. The van der Waals surface area contributed by atoms with Crippen LogP contribution in [0.3, 0.4) is 0 Å². The van der Waals surface area contributed by atoms with Gasteiger partial charge in [-0.25, -0.2) is 0 Å². The summed E-state index contributed by atoms with van der Waals surface area (Å²) in [4.78, 5) is 0. The molecule has 0 aliphatic rings. The minimum absolute atomic E-state index is 0.375. The molecule has 1 aromatic rings. The summed E-state index contributed by atoms with van der Waals surface area (Å²) in [5.74, 6) is 0. The lowest BCUT2D eigenvalue weighted by Crippen LogP contribution is -3.02. The molecule has 1 aromatic carbocycles. The fourth-order valence-corrected chi connectivity index (χ4v) is 1.18. The van der Waals surface area contributed by atoms with Crippen LogP contribution in [-0.2, 0) is 11.3 Å². The molecule has 4 heteroatoms. The molecule has 0 heterocycles. The van der Waals surface area contributed by atoms with E-state index >= 15 is 0 Å². The molecule has 72 valence electrons. The molecule has 0 saturated carbocycles. The Labute approximate surface area is 76.9 Å². The molecule has 0 aliphatic carbocycles. The normalized spacial score (nSPS) is 10.8. The molecule has 13 heavy (non-hydrogen) atoms. The molecule has 1 rings (SSSR count). The van der Waals surface area contributed by atoms with Gasteiger partial charge in [-0.05, 0) is 17.7 Å². The van der Waals surface area contributed by atoms with Crippen LogP contribution in [0.25, 0.3) is 0 Å². The Hall–Kier alpha value is -0.940. The zero-order chi connectivity index (χ0) is 9.84. The highest BCUT2D eigenvalue weighted by Gasteiger charge is 2.12. The molecular weight excluding hydrogens is 170 g/mol. The summed E-state index contributed by atoms with van der Waals surface area (Å²) in [6.07, 6.45) is 0. The number of hydrogen-bond acceptors (Lipinski definition) is 3. The van der Waals surface area contributed by atoms with Gasteiger partial charge < -0.3 is 4.74 Å². The monoisotopic (exact) mass is 184 g/mol. The first kappa shape index (κ1) is 10.1. The molecule has 0 aromatic heterocycles. The van der Waals surface area contributed by atoms with Crippen molar-refractivity contribution in [1.82, 2.24) is 0 Å². The van der Waals surface area contributed by atoms with E-state index in [4.69, 9.17) is 15.2 Å². The van der Waals surface area contributed by atoms with Crippen LogP contribution in [0.4, 0.5) is 5.69 Å². The van der Waals surface area contributed by atoms with Gasteiger partial charge in [0.05, 0.1) is 6.61 Å². The fraction of sp³-hybridized carbons (Fsp3) is 0.333. The van der Waals surface area contributed by atoms with Gasteiger partial charge in [-0.3, -0.25) is 0 Å². The lowest BCUT2D eigenvalue weighted by atomic mass is 10.1. The minimum atomic E-state index is -0.657. The molecule has 0 saturated heterocycles. The zero-order valence-corrected chi connectivity index (χ0v) is 7.74. The molecule has 0 amide bonds. The Kier molecular flexibility index (Phi) is 3.39. The summed E-state index contributed by atoms with van der Waals surface area (Å²) >= 11 is 0. The van der Waals surface area contributed by atoms with E-state index in [1.807, 2.05) is 19.1 Å². The first-order valence-corrected chi connectivity index (χ1v) is 3.99. The second kappa shape index (κ2) is 4.34. The van der Waals surface area contributed by atoms with Crippen LogP contribution in [0.5, 0.6) is 0 Å². The van der Waals surface area contributed by atoms with Crippen molar-refractivity contribution in [3.05, 3.63) is 29.3 Å². The maximum absolute atomic E-state index is 8.97. The van der Waals surface area contributed by atoms with Crippen LogP contribution in [0.1, 0.15) is 11.1 Å². The van der Waals surface area contributed by atoms with Gasteiger partial charge in [-0.2, -0.15) is 10.4 Å². The van der Waals surface area contributed by atoms with Gasteiger partial charge in [0.25, 0.3) is 0 Å². The SMILES string of the molecule is COCc1ccc(C)cc1[NH+](O)O. The molecule has 0 atom stereocenters. The average molecular weight is 184 g/mol. The van der Waals surface area contributed by atoms with Crippen molar-refractivity contribution in [2.45, 2.75) is 13.5 Å². The standard InChI is InChI=1S/C9H13NO3/c1-7-3-4-8(6-13-2)9(5-7)10(11)12/h3-5,11-12H,6H2,1-2H3/p+1. The largest absolute Gasteiger partial charge is 0.380 e. The summed E-state index contributed by atoms with van der Waals surface area (Å²) < 4.78 is 4.92. The lowest BCUT2D eigenvalue weighted by Gasteiger charge is -2.07. The predicted octanol–water partition coefficient (Wildman–Crippen LogP) is 0.436. The van der Waals surface area contributed by atoms with E-state index in [-0.39, 0.29) is 0 Å². The smallest absolute Gasteiger partial charge is 0.202 e. The summed E-state index contributed by atoms with van der Waals surface area (Å²) in [5, 5.41) is 17.3. The van der Waals surface area contributed by atoms with E-state index in [9.17, 15) is 0 Å². The van der Waals surface area contributed by atoms with Crippen LogP contribution >= 0.6 is 0 Å². The van der Waals surface area contributed by atoms with E-state index in [2.05, 4.69) is 0 Å². The van der Waals surface area contributed by atoms with Crippen molar-refractivity contribution in [3.8, 4) is 0 Å². The van der Waals surface area contributed by atoms with Crippen molar-refractivity contribution < 1.29 is 20.4 Å². The van der Waals surface area contributed by atoms with Gasteiger partial charge in [-0.1, -0.05) is 12.1 Å². The summed E-state index contributed by atoms with van der Waals surface area (Å²) in [6, 6.07) is 5.44. The van der Waals surface area contributed by atoms with E-state index in [1.165, 1.54) is 0 Å². The van der Waals surface area contributed by atoms with E-state index in [1.54, 1.807) is 13.2 Å². The predicted molar refractivity (Wildman–Crippen MR) is 46.1 cm³/mol. The van der Waals surface area contributed by atoms with Gasteiger partial charge in [0, 0.05) is 18.7 Å². The molecule has 0 radical (unpaired) electrons. The number of rotatable bonds is 3. The van der Waals surface area contributed by atoms with E-state index < -0.39 is 5.23 Å². The van der Waals surface area contributed by atoms with Gasteiger partial charge in [0.2, 0.25) is 5.69 Å². The van der Waals surface area contributed by atoms with Crippen LogP contribution in [0.15, 0.2) is 18.2 Å².